The zero-order valence-electron chi connectivity index (χ0n) is 8.58. The van der Waals surface area contributed by atoms with Crippen LogP contribution in [0.5, 0.6) is 0 Å². The van der Waals surface area contributed by atoms with Gasteiger partial charge in [-0.25, -0.2) is 9.78 Å². The Kier molecular flexibility index (Phi) is 3.26. The van der Waals surface area contributed by atoms with Gasteiger partial charge in [-0.2, -0.15) is 0 Å². The van der Waals surface area contributed by atoms with Crippen molar-refractivity contribution in [3.63, 3.8) is 0 Å². The van der Waals surface area contributed by atoms with Gasteiger partial charge in [-0.1, -0.05) is 22.9 Å². The first-order valence-electron chi connectivity index (χ1n) is 4.80. The number of carbonyl (C=O) groups is 1. The maximum atomic E-state index is 11.3. The molecule has 0 aliphatic rings. The number of anilines is 1. The molecule has 1 aromatic heterocycles. The average Bonchev–Trinajstić information content (AvgIpc) is 2.59. The number of fused-ring (bicyclic) bond motifs is 1. The summed E-state index contributed by atoms with van der Waals surface area (Å²) in [5.74, 6) is 0. The SMILES string of the molecule is CCNC(=O)Nc1nc2cc(Cl)ccc2s1. The maximum Gasteiger partial charge on any atom is 0.321 e. The Morgan fingerprint density at radius 3 is 3.12 bits per heavy atom. The molecule has 2 aromatic rings. The largest absolute Gasteiger partial charge is 0.338 e. The number of benzene rings is 1. The zero-order valence-corrected chi connectivity index (χ0v) is 10.2. The summed E-state index contributed by atoms with van der Waals surface area (Å²) in [5.41, 5.74) is 0.796. The van der Waals surface area contributed by atoms with Crippen LogP contribution in [0.4, 0.5) is 9.93 Å². The number of rotatable bonds is 2. The van der Waals surface area contributed by atoms with Crippen LogP contribution >= 0.6 is 22.9 Å². The lowest BCUT2D eigenvalue weighted by Crippen LogP contribution is -2.28. The van der Waals surface area contributed by atoms with Crippen LogP contribution in [0.1, 0.15) is 6.92 Å². The molecule has 1 heterocycles. The molecule has 84 valence electrons. The van der Waals surface area contributed by atoms with Crippen LogP contribution in [0.3, 0.4) is 0 Å². The molecule has 0 aliphatic heterocycles. The molecule has 0 atom stereocenters. The molecule has 16 heavy (non-hydrogen) atoms. The first-order chi connectivity index (χ1) is 7.69. The number of amides is 2. The Balaban J connectivity index is 2.23. The van der Waals surface area contributed by atoms with E-state index in [-0.39, 0.29) is 6.03 Å². The van der Waals surface area contributed by atoms with Gasteiger partial charge in [-0.3, -0.25) is 5.32 Å². The summed E-state index contributed by atoms with van der Waals surface area (Å²) in [6.07, 6.45) is 0. The molecular weight excluding hydrogens is 246 g/mol. The molecular formula is C10H10ClN3OS. The van der Waals surface area contributed by atoms with Crippen LogP contribution in [0.2, 0.25) is 5.02 Å². The van der Waals surface area contributed by atoms with E-state index in [1.165, 1.54) is 11.3 Å². The molecule has 2 rings (SSSR count). The Morgan fingerprint density at radius 2 is 2.38 bits per heavy atom. The molecule has 0 fully saturated rings. The number of halogens is 1. The summed E-state index contributed by atoms with van der Waals surface area (Å²) in [5, 5.41) is 6.52. The van der Waals surface area contributed by atoms with Crippen LogP contribution in [0, 0.1) is 0 Å². The van der Waals surface area contributed by atoms with Gasteiger partial charge < -0.3 is 5.32 Å². The van der Waals surface area contributed by atoms with Crippen LogP contribution in [-0.4, -0.2) is 17.6 Å². The highest BCUT2D eigenvalue weighted by Crippen LogP contribution is 2.27. The third kappa shape index (κ3) is 2.43. The lowest BCUT2D eigenvalue weighted by Gasteiger charge is -2.00. The summed E-state index contributed by atoms with van der Waals surface area (Å²) >= 11 is 7.27. The fourth-order valence-electron chi connectivity index (χ4n) is 1.26. The van der Waals surface area contributed by atoms with E-state index in [1.54, 1.807) is 12.1 Å². The van der Waals surface area contributed by atoms with E-state index in [4.69, 9.17) is 11.6 Å². The second kappa shape index (κ2) is 4.67. The fraction of sp³-hybridized carbons (Fsp3) is 0.200. The molecule has 1 aromatic carbocycles. The average molecular weight is 256 g/mol. The van der Waals surface area contributed by atoms with E-state index in [0.717, 1.165) is 10.2 Å². The van der Waals surface area contributed by atoms with Crippen molar-refractivity contribution in [3.8, 4) is 0 Å². The van der Waals surface area contributed by atoms with Gasteiger partial charge in [-0.05, 0) is 25.1 Å². The molecule has 0 radical (unpaired) electrons. The molecule has 4 nitrogen and oxygen atoms in total. The number of urea groups is 1. The molecule has 6 heteroatoms. The predicted octanol–water partition coefficient (Wildman–Crippen LogP) is 3.09. The topological polar surface area (TPSA) is 54.0 Å². The highest BCUT2D eigenvalue weighted by atomic mass is 35.5. The third-order valence-corrected chi connectivity index (χ3v) is 3.09. The van der Waals surface area contributed by atoms with Crippen LogP contribution < -0.4 is 10.6 Å². The summed E-state index contributed by atoms with van der Waals surface area (Å²) in [6, 6.07) is 5.22. The Labute approximate surface area is 102 Å². The van der Waals surface area contributed by atoms with Gasteiger partial charge in [0.15, 0.2) is 5.13 Å². The minimum absolute atomic E-state index is 0.243. The van der Waals surface area contributed by atoms with E-state index >= 15 is 0 Å². The van der Waals surface area contributed by atoms with E-state index in [0.29, 0.717) is 16.7 Å². The number of nitrogens with one attached hydrogen (secondary N) is 2. The van der Waals surface area contributed by atoms with Crippen LogP contribution in [-0.2, 0) is 0 Å². The standard InChI is InChI=1S/C10H10ClN3OS/c1-2-12-9(15)14-10-13-7-5-6(11)3-4-8(7)16-10/h3-5H,2H2,1H3,(H2,12,13,14,15). The van der Waals surface area contributed by atoms with Crippen molar-refractivity contribution in [2.24, 2.45) is 0 Å². The van der Waals surface area contributed by atoms with E-state index in [9.17, 15) is 4.79 Å². The van der Waals surface area contributed by atoms with Crippen molar-refractivity contribution >= 4 is 44.3 Å². The van der Waals surface area contributed by atoms with Gasteiger partial charge in [0.2, 0.25) is 0 Å². The summed E-state index contributed by atoms with van der Waals surface area (Å²) < 4.78 is 0.996. The molecule has 0 bridgehead atoms. The maximum absolute atomic E-state index is 11.3. The first-order valence-corrected chi connectivity index (χ1v) is 5.99. The summed E-state index contributed by atoms with van der Waals surface area (Å²) in [6.45, 7) is 2.44. The number of aromatic nitrogens is 1. The van der Waals surface area contributed by atoms with Crippen molar-refractivity contribution in [3.05, 3.63) is 23.2 Å². The number of hydrogen-bond donors (Lipinski definition) is 2. The fourth-order valence-corrected chi connectivity index (χ4v) is 2.26. The number of thiazole rings is 1. The minimum atomic E-state index is -0.243. The summed E-state index contributed by atoms with van der Waals surface area (Å²) in [7, 11) is 0. The second-order valence-corrected chi connectivity index (χ2v) is 4.58. The summed E-state index contributed by atoms with van der Waals surface area (Å²) in [4.78, 5) is 15.5. The van der Waals surface area contributed by atoms with Gasteiger partial charge >= 0.3 is 6.03 Å². The van der Waals surface area contributed by atoms with E-state index in [1.807, 2.05) is 13.0 Å². The molecule has 0 aliphatic carbocycles. The third-order valence-electron chi connectivity index (χ3n) is 1.91. The van der Waals surface area contributed by atoms with Gasteiger partial charge in [0.05, 0.1) is 10.2 Å². The number of hydrogen-bond acceptors (Lipinski definition) is 3. The van der Waals surface area contributed by atoms with E-state index in [2.05, 4.69) is 15.6 Å². The van der Waals surface area contributed by atoms with Gasteiger partial charge in [0, 0.05) is 11.6 Å². The van der Waals surface area contributed by atoms with Crippen molar-refractivity contribution in [2.75, 3.05) is 11.9 Å². The normalized spacial score (nSPS) is 10.4. The molecule has 0 unspecified atom stereocenters. The molecule has 2 N–H and O–H groups in total. The highest BCUT2D eigenvalue weighted by molar-refractivity contribution is 7.22. The van der Waals surface area contributed by atoms with Crippen molar-refractivity contribution in [2.45, 2.75) is 6.92 Å². The van der Waals surface area contributed by atoms with Gasteiger partial charge in [-0.15, -0.1) is 0 Å². The van der Waals surface area contributed by atoms with Crippen LogP contribution in [0.15, 0.2) is 18.2 Å². The minimum Gasteiger partial charge on any atom is -0.338 e. The van der Waals surface area contributed by atoms with Crippen molar-refractivity contribution in [1.82, 2.24) is 10.3 Å². The Morgan fingerprint density at radius 1 is 1.56 bits per heavy atom. The van der Waals surface area contributed by atoms with Crippen molar-refractivity contribution < 1.29 is 4.79 Å². The highest BCUT2D eigenvalue weighted by Gasteiger charge is 2.06. The number of carbonyl (C=O) groups excluding carboxylic acids is 1. The molecule has 2 amide bonds. The monoisotopic (exact) mass is 255 g/mol. The lowest BCUT2D eigenvalue weighted by atomic mass is 10.3. The Bertz CT molecular complexity index is 526. The van der Waals surface area contributed by atoms with Crippen LogP contribution in [0.25, 0.3) is 10.2 Å². The van der Waals surface area contributed by atoms with Gasteiger partial charge in [0.1, 0.15) is 0 Å². The zero-order chi connectivity index (χ0) is 11.5. The second-order valence-electron chi connectivity index (χ2n) is 3.12. The first kappa shape index (κ1) is 11.2. The predicted molar refractivity (Wildman–Crippen MR) is 67.3 cm³/mol. The van der Waals surface area contributed by atoms with E-state index < -0.39 is 0 Å². The molecule has 0 spiro atoms. The van der Waals surface area contributed by atoms with Crippen molar-refractivity contribution in [1.29, 1.82) is 0 Å². The molecule has 0 saturated carbocycles. The smallest absolute Gasteiger partial charge is 0.321 e. The van der Waals surface area contributed by atoms with Gasteiger partial charge in [0.25, 0.3) is 0 Å². The number of nitrogens with zero attached hydrogens (tertiary/aromatic N) is 1. The quantitative estimate of drug-likeness (QED) is 0.866. The Hall–Kier alpha value is -1.33. The lowest BCUT2D eigenvalue weighted by molar-refractivity contribution is 0.252. The molecule has 0 saturated heterocycles.